The third-order valence-electron chi connectivity index (χ3n) is 3.74. The number of carbonyl (C=O) groups excluding carboxylic acids is 1. The van der Waals surface area contributed by atoms with Gasteiger partial charge in [-0.05, 0) is 36.4 Å². The van der Waals surface area contributed by atoms with Crippen molar-refractivity contribution >= 4 is 28.0 Å². The highest BCUT2D eigenvalue weighted by atomic mass is 32.1. The Hall–Kier alpha value is -1.94. The highest BCUT2D eigenvalue weighted by Crippen LogP contribution is 2.23. The summed E-state index contributed by atoms with van der Waals surface area (Å²) in [6.45, 7) is 4.97. The lowest BCUT2D eigenvalue weighted by Crippen LogP contribution is -2.05. The van der Waals surface area contributed by atoms with Gasteiger partial charge in [-0.25, -0.2) is 0 Å². The molecule has 108 valence electrons. The summed E-state index contributed by atoms with van der Waals surface area (Å²) in [6.07, 6.45) is 1.27. The number of nitrogens with zero attached hydrogens (tertiary/aromatic N) is 2. The van der Waals surface area contributed by atoms with Crippen molar-refractivity contribution in [1.29, 1.82) is 0 Å². The van der Waals surface area contributed by atoms with Crippen molar-refractivity contribution in [2.75, 3.05) is 0 Å². The van der Waals surface area contributed by atoms with Crippen LogP contribution in [0.3, 0.4) is 0 Å². The number of para-hydroxylation sites is 1. The number of aryl methyl sites for hydroxylation is 2. The summed E-state index contributed by atoms with van der Waals surface area (Å²) in [4.78, 5) is 13.4. The van der Waals surface area contributed by atoms with E-state index in [9.17, 15) is 4.79 Å². The highest BCUT2D eigenvalue weighted by molar-refractivity contribution is 7.12. The van der Waals surface area contributed by atoms with Crippen molar-refractivity contribution in [3.8, 4) is 0 Å². The highest BCUT2D eigenvalue weighted by Gasteiger charge is 2.17. The molecule has 0 atom stereocenters. The molecule has 3 nitrogen and oxygen atoms in total. The molecule has 0 aliphatic heterocycles. The SMILES string of the molecule is CCc1ccsc1C(=O)Cc1nn(CC)c2ccccc12. The number of benzene rings is 1. The van der Waals surface area contributed by atoms with Crippen molar-refractivity contribution < 1.29 is 4.79 Å². The van der Waals surface area contributed by atoms with E-state index < -0.39 is 0 Å². The maximum absolute atomic E-state index is 12.6. The number of rotatable bonds is 5. The number of hydrogen-bond donors (Lipinski definition) is 0. The van der Waals surface area contributed by atoms with Crippen molar-refractivity contribution in [2.24, 2.45) is 0 Å². The van der Waals surface area contributed by atoms with E-state index in [4.69, 9.17) is 0 Å². The van der Waals surface area contributed by atoms with E-state index in [1.807, 2.05) is 34.3 Å². The van der Waals surface area contributed by atoms with Gasteiger partial charge in [0.2, 0.25) is 0 Å². The van der Waals surface area contributed by atoms with Gasteiger partial charge in [-0.15, -0.1) is 11.3 Å². The summed E-state index contributed by atoms with van der Waals surface area (Å²) in [7, 11) is 0. The maximum atomic E-state index is 12.6. The lowest BCUT2D eigenvalue weighted by Gasteiger charge is -2.00. The predicted octanol–water partition coefficient (Wildman–Crippen LogP) is 4.11. The zero-order valence-corrected chi connectivity index (χ0v) is 13.1. The first kappa shape index (κ1) is 14.0. The average Bonchev–Trinajstić information content (AvgIpc) is 3.12. The van der Waals surface area contributed by atoms with Crippen LogP contribution >= 0.6 is 11.3 Å². The second-order valence-electron chi connectivity index (χ2n) is 5.01. The summed E-state index contributed by atoms with van der Waals surface area (Å²) in [5.41, 5.74) is 3.13. The summed E-state index contributed by atoms with van der Waals surface area (Å²) in [6, 6.07) is 10.2. The molecule has 4 heteroatoms. The van der Waals surface area contributed by atoms with Gasteiger partial charge in [-0.3, -0.25) is 9.48 Å². The largest absolute Gasteiger partial charge is 0.293 e. The van der Waals surface area contributed by atoms with E-state index in [0.717, 1.165) is 40.0 Å². The first-order chi connectivity index (χ1) is 10.2. The molecule has 0 unspecified atom stereocenters. The normalized spacial score (nSPS) is 11.1. The average molecular weight is 298 g/mol. The van der Waals surface area contributed by atoms with Crippen molar-refractivity contribution in [2.45, 2.75) is 33.2 Å². The fraction of sp³-hybridized carbons (Fsp3) is 0.294. The van der Waals surface area contributed by atoms with Crippen molar-refractivity contribution in [1.82, 2.24) is 9.78 Å². The molecule has 21 heavy (non-hydrogen) atoms. The van der Waals surface area contributed by atoms with Gasteiger partial charge in [-0.2, -0.15) is 5.10 Å². The number of Topliss-reactive ketones (excluding diaryl/α,β-unsaturated/α-hetero) is 1. The van der Waals surface area contributed by atoms with E-state index >= 15 is 0 Å². The lowest BCUT2D eigenvalue weighted by molar-refractivity contribution is 0.0995. The maximum Gasteiger partial charge on any atom is 0.179 e. The van der Waals surface area contributed by atoms with Crippen LogP contribution in [0.4, 0.5) is 0 Å². The number of aromatic nitrogens is 2. The van der Waals surface area contributed by atoms with Crippen LogP contribution in [0.25, 0.3) is 10.9 Å². The molecule has 3 aromatic rings. The van der Waals surface area contributed by atoms with Crippen LogP contribution in [-0.4, -0.2) is 15.6 Å². The molecule has 0 fully saturated rings. The third-order valence-corrected chi connectivity index (χ3v) is 4.74. The Morgan fingerprint density at radius 3 is 2.81 bits per heavy atom. The van der Waals surface area contributed by atoms with E-state index in [1.54, 1.807) is 0 Å². The Morgan fingerprint density at radius 1 is 1.24 bits per heavy atom. The molecule has 0 bridgehead atoms. The molecule has 0 saturated carbocycles. The molecule has 0 aliphatic carbocycles. The van der Waals surface area contributed by atoms with Gasteiger partial charge < -0.3 is 0 Å². The molecule has 0 amide bonds. The van der Waals surface area contributed by atoms with Gasteiger partial charge in [-0.1, -0.05) is 25.1 Å². The number of ketones is 1. The number of thiophene rings is 1. The Balaban J connectivity index is 1.97. The van der Waals surface area contributed by atoms with Gasteiger partial charge in [0, 0.05) is 11.9 Å². The molecule has 1 aromatic carbocycles. The van der Waals surface area contributed by atoms with Crippen molar-refractivity contribution in [3.05, 3.63) is 51.8 Å². The number of fused-ring (bicyclic) bond motifs is 1. The molecule has 0 aliphatic rings. The van der Waals surface area contributed by atoms with Crippen molar-refractivity contribution in [3.63, 3.8) is 0 Å². The molecule has 2 aromatic heterocycles. The Labute approximate surface area is 128 Å². The standard InChI is InChI=1S/C17H18N2OS/c1-3-12-9-10-21-17(12)16(20)11-14-13-7-5-6-8-15(13)19(4-2)18-14/h5-10H,3-4,11H2,1-2H3. The summed E-state index contributed by atoms with van der Waals surface area (Å²) in [5.74, 6) is 0.174. The van der Waals surface area contributed by atoms with Crippen LogP contribution < -0.4 is 0 Å². The zero-order chi connectivity index (χ0) is 14.8. The molecule has 0 N–H and O–H groups in total. The Kier molecular flexibility index (Phi) is 3.88. The van der Waals surface area contributed by atoms with E-state index in [2.05, 4.69) is 25.0 Å². The van der Waals surface area contributed by atoms with Crippen LogP contribution in [0.5, 0.6) is 0 Å². The van der Waals surface area contributed by atoms with Gasteiger partial charge >= 0.3 is 0 Å². The zero-order valence-electron chi connectivity index (χ0n) is 12.3. The predicted molar refractivity (Wildman–Crippen MR) is 87.1 cm³/mol. The molecule has 0 spiro atoms. The van der Waals surface area contributed by atoms with Gasteiger partial charge in [0.15, 0.2) is 5.78 Å². The minimum Gasteiger partial charge on any atom is -0.293 e. The van der Waals surface area contributed by atoms with Crippen LogP contribution in [0.15, 0.2) is 35.7 Å². The molecular weight excluding hydrogens is 280 g/mol. The van der Waals surface area contributed by atoms with Crippen LogP contribution in [0.2, 0.25) is 0 Å². The molecule has 0 saturated heterocycles. The van der Waals surface area contributed by atoms with Crippen LogP contribution in [-0.2, 0) is 19.4 Å². The Bertz CT molecular complexity index is 785. The fourth-order valence-corrected chi connectivity index (χ4v) is 3.59. The second kappa shape index (κ2) is 5.82. The quantitative estimate of drug-likeness (QED) is 0.665. The lowest BCUT2D eigenvalue weighted by atomic mass is 10.1. The fourth-order valence-electron chi connectivity index (χ4n) is 2.66. The summed E-state index contributed by atoms with van der Waals surface area (Å²) >= 11 is 1.54. The first-order valence-electron chi connectivity index (χ1n) is 7.28. The smallest absolute Gasteiger partial charge is 0.179 e. The Morgan fingerprint density at radius 2 is 2.05 bits per heavy atom. The third kappa shape index (κ3) is 2.51. The summed E-state index contributed by atoms with van der Waals surface area (Å²) in [5, 5.41) is 7.69. The first-order valence-corrected chi connectivity index (χ1v) is 8.16. The minimum absolute atomic E-state index is 0.174. The number of carbonyl (C=O) groups is 1. The van der Waals surface area contributed by atoms with E-state index in [1.165, 1.54) is 11.3 Å². The van der Waals surface area contributed by atoms with Gasteiger partial charge in [0.05, 0.1) is 22.5 Å². The molecular formula is C17H18N2OS. The molecule has 3 rings (SSSR count). The van der Waals surface area contributed by atoms with E-state index in [0.29, 0.717) is 6.42 Å². The molecule has 2 heterocycles. The summed E-state index contributed by atoms with van der Waals surface area (Å²) < 4.78 is 1.97. The minimum atomic E-state index is 0.174. The number of hydrogen-bond acceptors (Lipinski definition) is 3. The monoisotopic (exact) mass is 298 g/mol. The topological polar surface area (TPSA) is 34.9 Å². The van der Waals surface area contributed by atoms with Gasteiger partial charge in [0.1, 0.15) is 0 Å². The van der Waals surface area contributed by atoms with Crippen LogP contribution in [0, 0.1) is 0 Å². The van der Waals surface area contributed by atoms with Gasteiger partial charge in [0.25, 0.3) is 0 Å². The second-order valence-corrected chi connectivity index (χ2v) is 5.92. The van der Waals surface area contributed by atoms with Crippen LogP contribution in [0.1, 0.15) is 34.8 Å². The molecule has 0 radical (unpaired) electrons. The van der Waals surface area contributed by atoms with E-state index in [-0.39, 0.29) is 5.78 Å².